The molecule has 0 unspecified atom stereocenters. The Balaban J connectivity index is 1.68. The van der Waals surface area contributed by atoms with Gasteiger partial charge in [-0.15, -0.1) is 0 Å². The van der Waals surface area contributed by atoms with Crippen LogP contribution in [0.25, 0.3) is 11.1 Å². The van der Waals surface area contributed by atoms with Gasteiger partial charge in [-0.25, -0.2) is 18.7 Å². The number of hydrogen-bond acceptors (Lipinski definition) is 5. The Labute approximate surface area is 182 Å². The summed E-state index contributed by atoms with van der Waals surface area (Å²) in [7, 11) is 0. The minimum Gasteiger partial charge on any atom is -0.294 e. The number of pyridine rings is 1. The zero-order chi connectivity index (χ0) is 22.5. The molecule has 8 heteroatoms. The van der Waals surface area contributed by atoms with Crippen molar-refractivity contribution in [2.75, 3.05) is 5.32 Å². The molecule has 0 saturated carbocycles. The molecule has 0 spiro atoms. The molecule has 4 aromatic rings. The van der Waals surface area contributed by atoms with Crippen molar-refractivity contribution < 1.29 is 18.4 Å². The summed E-state index contributed by atoms with van der Waals surface area (Å²) >= 11 is 0. The summed E-state index contributed by atoms with van der Waals surface area (Å²) < 4.78 is 26.7. The molecular weight excluding hydrogens is 414 g/mol. The molecule has 32 heavy (non-hydrogen) atoms. The number of hydrogen-bond donors (Lipinski definition) is 1. The minimum atomic E-state index is -0.489. The maximum absolute atomic E-state index is 13.4. The van der Waals surface area contributed by atoms with Gasteiger partial charge in [0.2, 0.25) is 17.6 Å². The fourth-order valence-corrected chi connectivity index (χ4v) is 3.05. The van der Waals surface area contributed by atoms with E-state index in [1.807, 2.05) is 0 Å². The van der Waals surface area contributed by atoms with Gasteiger partial charge in [-0.1, -0.05) is 12.1 Å². The number of carbonyl (C=O) groups excluding carboxylic acids is 2. The van der Waals surface area contributed by atoms with Crippen LogP contribution in [0.15, 0.2) is 79.3 Å². The van der Waals surface area contributed by atoms with Crippen molar-refractivity contribution in [3.8, 4) is 11.1 Å². The summed E-state index contributed by atoms with van der Waals surface area (Å²) in [6.07, 6.45) is 4.62. The van der Waals surface area contributed by atoms with E-state index in [1.165, 1.54) is 54.7 Å². The molecule has 4 rings (SSSR count). The lowest BCUT2D eigenvalue weighted by Crippen LogP contribution is -2.18. The number of aromatic nitrogens is 3. The SMILES string of the molecule is O=C(Cc1ccncc1)Nc1ncc(-c2ccc(F)cc2)c(C(=O)c2ccc(F)cc2)n1. The van der Waals surface area contributed by atoms with Crippen molar-refractivity contribution in [2.45, 2.75) is 6.42 Å². The van der Waals surface area contributed by atoms with Crippen LogP contribution in [-0.4, -0.2) is 26.6 Å². The average Bonchev–Trinajstić information content (AvgIpc) is 2.80. The molecule has 6 nitrogen and oxygen atoms in total. The predicted molar refractivity (Wildman–Crippen MR) is 114 cm³/mol. The summed E-state index contributed by atoms with van der Waals surface area (Å²) in [6.45, 7) is 0. The lowest BCUT2D eigenvalue weighted by Gasteiger charge is -2.11. The van der Waals surface area contributed by atoms with E-state index in [1.54, 1.807) is 24.5 Å². The fourth-order valence-electron chi connectivity index (χ4n) is 3.05. The topological polar surface area (TPSA) is 84.8 Å². The molecule has 158 valence electrons. The molecule has 2 aromatic heterocycles. The van der Waals surface area contributed by atoms with Crippen LogP contribution in [0.5, 0.6) is 0 Å². The zero-order valence-corrected chi connectivity index (χ0v) is 16.6. The van der Waals surface area contributed by atoms with Gasteiger partial charge >= 0.3 is 0 Å². The Morgan fingerprint density at radius 3 is 2.12 bits per heavy atom. The second-order valence-corrected chi connectivity index (χ2v) is 6.88. The van der Waals surface area contributed by atoms with Crippen LogP contribution in [0.3, 0.4) is 0 Å². The number of rotatable bonds is 6. The largest absolute Gasteiger partial charge is 0.294 e. The molecule has 2 aromatic carbocycles. The number of halogens is 2. The highest BCUT2D eigenvalue weighted by molar-refractivity contribution is 6.11. The molecule has 0 fully saturated rings. The first-order chi connectivity index (χ1) is 15.5. The Morgan fingerprint density at radius 2 is 1.47 bits per heavy atom. The van der Waals surface area contributed by atoms with E-state index in [0.29, 0.717) is 11.1 Å². The first-order valence-corrected chi connectivity index (χ1v) is 9.61. The highest BCUT2D eigenvalue weighted by Crippen LogP contribution is 2.25. The summed E-state index contributed by atoms with van der Waals surface area (Å²) in [4.78, 5) is 37.8. The van der Waals surface area contributed by atoms with E-state index >= 15 is 0 Å². The van der Waals surface area contributed by atoms with E-state index in [2.05, 4.69) is 20.3 Å². The van der Waals surface area contributed by atoms with Gasteiger partial charge in [-0.2, -0.15) is 0 Å². The Bertz CT molecular complexity index is 1260. The molecule has 0 aliphatic carbocycles. The minimum absolute atomic E-state index is 0.00238. The van der Waals surface area contributed by atoms with Gasteiger partial charge in [0.1, 0.15) is 17.3 Å². The standard InChI is InChI=1S/C24H16F2N4O2/c25-18-5-1-16(2-6-18)20-14-28-24(29-21(31)13-15-9-11-27-12-10-15)30-22(20)23(32)17-3-7-19(26)8-4-17/h1-12,14H,13H2,(H,28,29,30,31). The Hall–Kier alpha value is -4.33. The first-order valence-electron chi connectivity index (χ1n) is 9.61. The number of ketones is 1. The normalized spacial score (nSPS) is 10.6. The molecule has 0 radical (unpaired) electrons. The van der Waals surface area contributed by atoms with E-state index < -0.39 is 17.4 Å². The third-order valence-corrected chi connectivity index (χ3v) is 4.63. The first kappa shape index (κ1) is 20.9. The maximum Gasteiger partial charge on any atom is 0.231 e. The fraction of sp³-hybridized carbons (Fsp3) is 0.0417. The Morgan fingerprint density at radius 1 is 0.844 bits per heavy atom. The monoisotopic (exact) mass is 430 g/mol. The van der Waals surface area contributed by atoms with E-state index in [9.17, 15) is 18.4 Å². The van der Waals surface area contributed by atoms with Crippen molar-refractivity contribution in [2.24, 2.45) is 0 Å². The molecule has 0 bridgehead atoms. The van der Waals surface area contributed by atoms with Crippen LogP contribution in [-0.2, 0) is 11.2 Å². The molecule has 1 amide bonds. The average molecular weight is 430 g/mol. The smallest absolute Gasteiger partial charge is 0.231 e. The lowest BCUT2D eigenvalue weighted by molar-refractivity contribution is -0.115. The molecular formula is C24H16F2N4O2. The second-order valence-electron chi connectivity index (χ2n) is 6.88. The lowest BCUT2D eigenvalue weighted by atomic mass is 9.99. The van der Waals surface area contributed by atoms with Gasteiger partial charge in [-0.05, 0) is 59.7 Å². The van der Waals surface area contributed by atoms with Gasteiger partial charge in [0.05, 0.1) is 6.42 Å². The molecule has 0 atom stereocenters. The number of carbonyl (C=O) groups is 2. The molecule has 0 aliphatic rings. The zero-order valence-electron chi connectivity index (χ0n) is 16.6. The van der Waals surface area contributed by atoms with Gasteiger partial charge in [0.15, 0.2) is 0 Å². The van der Waals surface area contributed by atoms with Crippen LogP contribution in [0.1, 0.15) is 21.6 Å². The number of nitrogens with one attached hydrogen (secondary N) is 1. The predicted octanol–water partition coefficient (Wildman–Crippen LogP) is 4.23. The molecule has 0 aliphatic heterocycles. The summed E-state index contributed by atoms with van der Waals surface area (Å²) in [5.74, 6) is -1.82. The van der Waals surface area contributed by atoms with Crippen LogP contribution in [0.4, 0.5) is 14.7 Å². The van der Waals surface area contributed by atoms with E-state index in [4.69, 9.17) is 0 Å². The van der Waals surface area contributed by atoms with Gasteiger partial charge in [0.25, 0.3) is 0 Å². The van der Waals surface area contributed by atoms with Crippen LogP contribution >= 0.6 is 0 Å². The van der Waals surface area contributed by atoms with Crippen molar-refractivity contribution in [3.05, 3.63) is 108 Å². The number of anilines is 1. The van der Waals surface area contributed by atoms with Crippen LogP contribution in [0, 0.1) is 11.6 Å². The molecule has 1 N–H and O–H groups in total. The molecule has 2 heterocycles. The van der Waals surface area contributed by atoms with Gasteiger partial charge in [0, 0.05) is 29.7 Å². The quantitative estimate of drug-likeness (QED) is 0.463. The molecule has 0 saturated heterocycles. The van der Waals surface area contributed by atoms with E-state index in [0.717, 1.165) is 5.56 Å². The van der Waals surface area contributed by atoms with Crippen molar-refractivity contribution in [1.29, 1.82) is 0 Å². The highest BCUT2D eigenvalue weighted by Gasteiger charge is 2.19. The third kappa shape index (κ3) is 4.86. The summed E-state index contributed by atoms with van der Waals surface area (Å²) in [6, 6.07) is 14.0. The second kappa shape index (κ2) is 9.22. The number of nitrogens with zero attached hydrogens (tertiary/aromatic N) is 3. The van der Waals surface area contributed by atoms with Crippen molar-refractivity contribution >= 4 is 17.6 Å². The van der Waals surface area contributed by atoms with Crippen molar-refractivity contribution in [1.82, 2.24) is 15.0 Å². The van der Waals surface area contributed by atoms with Crippen LogP contribution < -0.4 is 5.32 Å². The maximum atomic E-state index is 13.4. The third-order valence-electron chi connectivity index (χ3n) is 4.63. The highest BCUT2D eigenvalue weighted by atomic mass is 19.1. The van der Waals surface area contributed by atoms with Crippen molar-refractivity contribution in [3.63, 3.8) is 0 Å². The Kier molecular flexibility index (Phi) is 6.03. The van der Waals surface area contributed by atoms with Gasteiger partial charge < -0.3 is 0 Å². The number of amides is 1. The van der Waals surface area contributed by atoms with E-state index in [-0.39, 0.29) is 29.5 Å². The van der Waals surface area contributed by atoms with Crippen LogP contribution in [0.2, 0.25) is 0 Å². The summed E-state index contributed by atoms with van der Waals surface area (Å²) in [5.41, 5.74) is 1.83. The number of benzene rings is 2. The summed E-state index contributed by atoms with van der Waals surface area (Å²) in [5, 5.41) is 2.58. The van der Waals surface area contributed by atoms with Gasteiger partial charge in [-0.3, -0.25) is 19.9 Å².